The number of fused-ring (bicyclic) bond motifs is 1. The number of furan rings is 1. The van der Waals surface area contributed by atoms with Gasteiger partial charge in [0.15, 0.2) is 0 Å². The van der Waals surface area contributed by atoms with E-state index in [0.29, 0.717) is 22.4 Å². The molecule has 1 unspecified atom stereocenters. The third-order valence-corrected chi connectivity index (χ3v) is 5.69. The highest BCUT2D eigenvalue weighted by Crippen LogP contribution is 2.29. The second kappa shape index (κ2) is 11.3. The normalized spacial score (nSPS) is 15.6. The Labute approximate surface area is 196 Å². The van der Waals surface area contributed by atoms with Gasteiger partial charge < -0.3 is 19.7 Å². The molecule has 2 heterocycles. The highest BCUT2D eigenvalue weighted by atomic mass is 35.5. The van der Waals surface area contributed by atoms with Crippen molar-refractivity contribution in [2.75, 3.05) is 33.2 Å². The van der Waals surface area contributed by atoms with Crippen molar-refractivity contribution in [2.45, 2.75) is 12.6 Å². The molecule has 0 saturated carbocycles. The fraction of sp³-hybridized carbons (Fsp3) is 0.304. The van der Waals surface area contributed by atoms with Gasteiger partial charge in [0.2, 0.25) is 5.91 Å². The molecule has 1 fully saturated rings. The summed E-state index contributed by atoms with van der Waals surface area (Å²) in [6, 6.07) is 14.6. The van der Waals surface area contributed by atoms with Crippen LogP contribution in [0.4, 0.5) is 0 Å². The van der Waals surface area contributed by atoms with Crippen molar-refractivity contribution in [1.82, 2.24) is 15.1 Å². The summed E-state index contributed by atoms with van der Waals surface area (Å²) in [5, 5.41) is 12.0. The molecule has 3 aromatic rings. The monoisotopic (exact) mass is 477 g/mol. The van der Waals surface area contributed by atoms with E-state index >= 15 is 0 Å². The molecule has 1 aliphatic heterocycles. The molecule has 0 radical (unpaired) electrons. The SMILES string of the molecule is CN1CCN(C(C(=O)NCc2cc(Cl)cc(Cl)c2)c2cc3ccccc3o2)CC1.O=CO. The van der Waals surface area contributed by atoms with Crippen LogP contribution in [0.2, 0.25) is 10.0 Å². The van der Waals surface area contributed by atoms with Gasteiger partial charge in [0.1, 0.15) is 17.4 Å². The number of hydrogen-bond donors (Lipinski definition) is 2. The molecule has 1 aromatic heterocycles. The van der Waals surface area contributed by atoms with Crippen LogP contribution in [0.15, 0.2) is 52.9 Å². The Morgan fingerprint density at radius 1 is 1.12 bits per heavy atom. The Hall–Kier alpha value is -2.58. The minimum Gasteiger partial charge on any atom is -0.483 e. The Morgan fingerprint density at radius 3 is 2.38 bits per heavy atom. The van der Waals surface area contributed by atoms with Crippen molar-refractivity contribution in [3.63, 3.8) is 0 Å². The van der Waals surface area contributed by atoms with Crippen LogP contribution in [0.5, 0.6) is 0 Å². The summed E-state index contributed by atoms with van der Waals surface area (Å²) in [5.41, 5.74) is 1.65. The zero-order valence-electron chi connectivity index (χ0n) is 17.6. The maximum absolute atomic E-state index is 13.3. The molecule has 2 N–H and O–H groups in total. The smallest absolute Gasteiger partial charge is 0.290 e. The first kappa shape index (κ1) is 24.1. The molecular weight excluding hydrogens is 453 g/mol. The summed E-state index contributed by atoms with van der Waals surface area (Å²) in [6.45, 7) is 3.52. The van der Waals surface area contributed by atoms with Gasteiger partial charge in [-0.1, -0.05) is 41.4 Å². The number of carbonyl (C=O) groups is 2. The maximum Gasteiger partial charge on any atom is 0.290 e. The molecule has 1 amide bonds. The summed E-state index contributed by atoms with van der Waals surface area (Å²) in [5.74, 6) is 0.571. The first-order valence-electron chi connectivity index (χ1n) is 10.1. The highest BCUT2D eigenvalue weighted by molar-refractivity contribution is 6.34. The van der Waals surface area contributed by atoms with Gasteiger partial charge in [0.05, 0.1) is 0 Å². The standard InChI is InChI=1S/C22H23Cl2N3O2.CH2O2/c1-26-6-8-27(9-7-26)21(20-12-16-4-2-3-5-19(16)29-20)22(28)25-14-15-10-17(23)13-18(24)11-15;2-1-3/h2-5,10-13,21H,6-9,14H2,1H3,(H,25,28);1H,(H,2,3). The molecule has 0 spiro atoms. The Kier molecular flexibility index (Phi) is 8.53. The number of rotatable bonds is 5. The van der Waals surface area contributed by atoms with E-state index in [4.69, 9.17) is 37.5 Å². The van der Waals surface area contributed by atoms with Crippen molar-refractivity contribution in [3.05, 3.63) is 69.9 Å². The fourth-order valence-corrected chi connectivity index (χ4v) is 4.26. The van der Waals surface area contributed by atoms with Crippen LogP contribution in [0.25, 0.3) is 11.0 Å². The first-order chi connectivity index (χ1) is 15.4. The topological polar surface area (TPSA) is 86.0 Å². The summed E-state index contributed by atoms with van der Waals surface area (Å²) in [7, 11) is 2.09. The summed E-state index contributed by atoms with van der Waals surface area (Å²) < 4.78 is 6.06. The van der Waals surface area contributed by atoms with Crippen molar-refractivity contribution >= 4 is 46.6 Å². The first-order valence-corrected chi connectivity index (χ1v) is 10.9. The highest BCUT2D eigenvalue weighted by Gasteiger charge is 2.32. The van der Waals surface area contributed by atoms with Crippen molar-refractivity contribution in [3.8, 4) is 0 Å². The van der Waals surface area contributed by atoms with Crippen LogP contribution >= 0.6 is 23.2 Å². The molecular formula is C23H25Cl2N3O4. The molecule has 1 aliphatic rings. The van der Waals surface area contributed by atoms with Gasteiger partial charge in [-0.15, -0.1) is 0 Å². The van der Waals surface area contributed by atoms with E-state index in [1.54, 1.807) is 18.2 Å². The van der Waals surface area contributed by atoms with E-state index in [1.165, 1.54) is 0 Å². The fourth-order valence-electron chi connectivity index (χ4n) is 3.69. The van der Waals surface area contributed by atoms with E-state index in [-0.39, 0.29) is 12.4 Å². The molecule has 7 nitrogen and oxygen atoms in total. The molecule has 170 valence electrons. The summed E-state index contributed by atoms with van der Waals surface area (Å²) in [6.07, 6.45) is 0. The number of nitrogens with zero attached hydrogens (tertiary/aromatic N) is 2. The van der Waals surface area contributed by atoms with Crippen LogP contribution in [-0.4, -0.2) is 60.5 Å². The number of halogens is 2. The quantitative estimate of drug-likeness (QED) is 0.539. The van der Waals surface area contributed by atoms with Gasteiger partial charge in [-0.25, -0.2) is 0 Å². The minimum absolute atomic E-state index is 0.0929. The maximum atomic E-state index is 13.3. The van der Waals surface area contributed by atoms with E-state index in [0.717, 1.165) is 42.7 Å². The zero-order valence-corrected chi connectivity index (χ0v) is 19.1. The Bertz CT molecular complexity index is 1010. The number of likely N-dealkylation sites (N-methyl/N-ethyl adjacent to an activating group) is 1. The Morgan fingerprint density at radius 2 is 1.75 bits per heavy atom. The molecule has 32 heavy (non-hydrogen) atoms. The summed E-state index contributed by atoms with van der Waals surface area (Å²) >= 11 is 12.2. The van der Waals surface area contributed by atoms with Crippen molar-refractivity contribution < 1.29 is 19.1 Å². The lowest BCUT2D eigenvalue weighted by atomic mass is 10.1. The Balaban J connectivity index is 0.000000913. The number of hydrogen-bond acceptors (Lipinski definition) is 5. The largest absolute Gasteiger partial charge is 0.483 e. The van der Waals surface area contributed by atoms with Crippen molar-refractivity contribution in [2.24, 2.45) is 0 Å². The molecule has 9 heteroatoms. The second-order valence-corrected chi connectivity index (χ2v) is 8.40. The number of nitrogens with one attached hydrogen (secondary N) is 1. The lowest BCUT2D eigenvalue weighted by Crippen LogP contribution is -2.49. The third-order valence-electron chi connectivity index (χ3n) is 5.25. The third kappa shape index (κ3) is 6.23. The van der Waals surface area contributed by atoms with E-state index in [1.807, 2.05) is 30.3 Å². The number of amides is 1. The molecule has 0 aliphatic carbocycles. The van der Waals surface area contributed by atoms with E-state index in [9.17, 15) is 4.79 Å². The number of piperazine rings is 1. The second-order valence-electron chi connectivity index (χ2n) is 7.53. The average molecular weight is 478 g/mol. The van der Waals surface area contributed by atoms with Gasteiger partial charge in [-0.3, -0.25) is 14.5 Å². The lowest BCUT2D eigenvalue weighted by molar-refractivity contribution is -0.128. The van der Waals surface area contributed by atoms with Crippen LogP contribution in [-0.2, 0) is 16.1 Å². The predicted molar refractivity (Wildman–Crippen MR) is 125 cm³/mol. The average Bonchev–Trinajstić information content (AvgIpc) is 3.17. The summed E-state index contributed by atoms with van der Waals surface area (Å²) in [4.78, 5) is 26.1. The molecule has 1 atom stereocenters. The van der Waals surface area contributed by atoms with Crippen LogP contribution in [0.1, 0.15) is 17.4 Å². The van der Waals surface area contributed by atoms with Crippen LogP contribution in [0, 0.1) is 0 Å². The molecule has 2 aromatic carbocycles. The lowest BCUT2D eigenvalue weighted by Gasteiger charge is -2.36. The predicted octanol–water partition coefficient (Wildman–Crippen LogP) is 4.05. The minimum atomic E-state index is -0.481. The van der Waals surface area contributed by atoms with Crippen LogP contribution < -0.4 is 5.32 Å². The van der Waals surface area contributed by atoms with Gasteiger partial charge in [-0.05, 0) is 42.9 Å². The number of benzene rings is 2. The van der Waals surface area contributed by atoms with Crippen LogP contribution in [0.3, 0.4) is 0 Å². The van der Waals surface area contributed by atoms with Gasteiger partial charge >= 0.3 is 0 Å². The molecule has 0 bridgehead atoms. The number of para-hydroxylation sites is 1. The molecule has 4 rings (SSSR count). The van der Waals surface area contributed by atoms with Crippen molar-refractivity contribution in [1.29, 1.82) is 0 Å². The van der Waals surface area contributed by atoms with Gasteiger partial charge in [-0.2, -0.15) is 0 Å². The van der Waals surface area contributed by atoms with E-state index < -0.39 is 6.04 Å². The molecule has 1 saturated heterocycles. The number of carboxylic acid groups (broad SMARTS) is 1. The zero-order chi connectivity index (χ0) is 23.1. The number of carbonyl (C=O) groups excluding carboxylic acids is 1. The van der Waals surface area contributed by atoms with E-state index in [2.05, 4.69) is 22.2 Å². The van der Waals surface area contributed by atoms with Gasteiger partial charge in [0, 0.05) is 48.2 Å². The van der Waals surface area contributed by atoms with Gasteiger partial charge in [0.25, 0.3) is 6.47 Å².